The van der Waals surface area contributed by atoms with Crippen molar-refractivity contribution in [3.8, 4) is 28.4 Å². The van der Waals surface area contributed by atoms with E-state index < -0.39 is 18.0 Å². The van der Waals surface area contributed by atoms with Crippen LogP contribution in [0.4, 0.5) is 0 Å². The standard InChI is InChI=1S/C37H48O6/c1-6-8-10-12-14-24-41-35-27(3)25-32(26-28(35)4)37(39)43-34-21-17-31(18-22-34)30-15-19-33(20-16-30)42-36(38)29(5)40-23-13-11-9-7-2/h15-22,25-26,29H,6-14,23-24H2,1-5H3/t29-/m0/s1. The van der Waals surface area contributed by atoms with E-state index in [0.29, 0.717) is 30.3 Å². The lowest BCUT2D eigenvalue weighted by atomic mass is 10.1. The highest BCUT2D eigenvalue weighted by molar-refractivity contribution is 5.92. The van der Waals surface area contributed by atoms with E-state index in [1.165, 1.54) is 32.1 Å². The zero-order valence-corrected chi connectivity index (χ0v) is 26.6. The highest BCUT2D eigenvalue weighted by Crippen LogP contribution is 2.28. The smallest absolute Gasteiger partial charge is 0.343 e. The lowest BCUT2D eigenvalue weighted by Gasteiger charge is -2.14. The lowest BCUT2D eigenvalue weighted by molar-refractivity contribution is -0.146. The van der Waals surface area contributed by atoms with Gasteiger partial charge in [0.15, 0.2) is 6.10 Å². The molecule has 6 heteroatoms. The first-order valence-electron chi connectivity index (χ1n) is 15.8. The van der Waals surface area contributed by atoms with E-state index in [1.807, 2.05) is 50.2 Å². The van der Waals surface area contributed by atoms with Crippen molar-refractivity contribution in [2.75, 3.05) is 13.2 Å². The molecule has 0 fully saturated rings. The number of rotatable bonds is 18. The van der Waals surface area contributed by atoms with Crippen molar-refractivity contribution in [3.05, 3.63) is 77.4 Å². The summed E-state index contributed by atoms with van der Waals surface area (Å²) in [4.78, 5) is 25.3. The third kappa shape index (κ3) is 11.2. The summed E-state index contributed by atoms with van der Waals surface area (Å²) in [7, 11) is 0. The van der Waals surface area contributed by atoms with Gasteiger partial charge in [-0.3, -0.25) is 0 Å². The Kier molecular flexibility index (Phi) is 14.3. The Morgan fingerprint density at radius 3 is 1.70 bits per heavy atom. The van der Waals surface area contributed by atoms with Crippen LogP contribution in [-0.4, -0.2) is 31.3 Å². The van der Waals surface area contributed by atoms with Gasteiger partial charge in [0.2, 0.25) is 0 Å². The molecule has 0 saturated carbocycles. The largest absolute Gasteiger partial charge is 0.493 e. The SMILES string of the molecule is CCCCCCCOc1c(C)cc(C(=O)Oc2ccc(-c3ccc(OC(=O)[C@H](C)OCCCCCC)cc3)cc2)cc1C. The van der Waals surface area contributed by atoms with Crippen LogP contribution in [-0.2, 0) is 9.53 Å². The Balaban J connectivity index is 1.51. The molecule has 43 heavy (non-hydrogen) atoms. The number of hydrogen-bond donors (Lipinski definition) is 0. The minimum atomic E-state index is -0.610. The highest BCUT2D eigenvalue weighted by Gasteiger charge is 2.16. The van der Waals surface area contributed by atoms with Gasteiger partial charge in [-0.25, -0.2) is 9.59 Å². The maximum atomic E-state index is 12.9. The third-order valence-electron chi connectivity index (χ3n) is 7.36. The molecule has 0 aromatic heterocycles. The summed E-state index contributed by atoms with van der Waals surface area (Å²) in [6.45, 7) is 11.2. The van der Waals surface area contributed by atoms with Crippen LogP contribution in [0, 0.1) is 13.8 Å². The quantitative estimate of drug-likeness (QED) is 0.0837. The molecule has 0 amide bonds. The molecule has 232 valence electrons. The molecular formula is C37H48O6. The molecule has 0 aliphatic heterocycles. The fourth-order valence-corrected chi connectivity index (χ4v) is 4.83. The average molecular weight is 589 g/mol. The first-order valence-corrected chi connectivity index (χ1v) is 15.8. The van der Waals surface area contributed by atoms with Gasteiger partial charge in [-0.05, 0) is 92.3 Å². The van der Waals surface area contributed by atoms with Gasteiger partial charge < -0.3 is 18.9 Å². The first kappa shape index (κ1) is 33.9. The van der Waals surface area contributed by atoms with E-state index in [1.54, 1.807) is 31.2 Å². The molecule has 3 rings (SSSR count). The van der Waals surface area contributed by atoms with Gasteiger partial charge in [0, 0.05) is 6.61 Å². The number of ether oxygens (including phenoxy) is 4. The Bertz CT molecular complexity index is 1260. The van der Waals surface area contributed by atoms with E-state index >= 15 is 0 Å². The number of benzene rings is 3. The molecule has 0 N–H and O–H groups in total. The number of unbranched alkanes of at least 4 members (excludes halogenated alkanes) is 7. The van der Waals surface area contributed by atoms with Gasteiger partial charge in [-0.1, -0.05) is 83.1 Å². The van der Waals surface area contributed by atoms with Crippen molar-refractivity contribution in [1.82, 2.24) is 0 Å². The number of carbonyl (C=O) groups is 2. The molecule has 0 saturated heterocycles. The monoisotopic (exact) mass is 588 g/mol. The van der Waals surface area contributed by atoms with Gasteiger partial charge in [-0.15, -0.1) is 0 Å². The molecule has 0 radical (unpaired) electrons. The number of esters is 2. The second kappa shape index (κ2) is 18.1. The number of hydrogen-bond acceptors (Lipinski definition) is 6. The van der Waals surface area contributed by atoms with Crippen LogP contribution in [0.5, 0.6) is 17.2 Å². The maximum absolute atomic E-state index is 12.9. The molecule has 3 aromatic carbocycles. The van der Waals surface area contributed by atoms with Crippen molar-refractivity contribution >= 4 is 11.9 Å². The number of carbonyl (C=O) groups excluding carboxylic acids is 2. The van der Waals surface area contributed by atoms with Gasteiger partial charge in [0.1, 0.15) is 17.2 Å². The van der Waals surface area contributed by atoms with Crippen molar-refractivity contribution in [1.29, 1.82) is 0 Å². The Labute approximate surface area is 257 Å². The highest BCUT2D eigenvalue weighted by atomic mass is 16.6. The van der Waals surface area contributed by atoms with Crippen molar-refractivity contribution in [3.63, 3.8) is 0 Å². The lowest BCUT2D eigenvalue weighted by Crippen LogP contribution is -2.26. The molecule has 0 aliphatic carbocycles. The van der Waals surface area contributed by atoms with Crippen molar-refractivity contribution in [2.45, 2.75) is 98.5 Å². The summed E-state index contributed by atoms with van der Waals surface area (Å²) < 4.78 is 22.8. The topological polar surface area (TPSA) is 71.1 Å². The molecule has 6 nitrogen and oxygen atoms in total. The maximum Gasteiger partial charge on any atom is 0.343 e. The molecule has 3 aromatic rings. The van der Waals surface area contributed by atoms with Crippen LogP contribution < -0.4 is 14.2 Å². The van der Waals surface area contributed by atoms with Gasteiger partial charge in [0.05, 0.1) is 12.2 Å². The zero-order valence-electron chi connectivity index (χ0n) is 26.6. The van der Waals surface area contributed by atoms with Crippen LogP contribution in [0.2, 0.25) is 0 Å². The summed E-state index contributed by atoms with van der Waals surface area (Å²) in [6, 6.07) is 18.3. The van der Waals surface area contributed by atoms with E-state index in [2.05, 4.69) is 13.8 Å². The molecule has 0 bridgehead atoms. The summed E-state index contributed by atoms with van der Waals surface area (Å²) >= 11 is 0. The fraction of sp³-hybridized carbons (Fsp3) is 0.459. The van der Waals surface area contributed by atoms with Crippen LogP contribution in [0.25, 0.3) is 11.1 Å². The van der Waals surface area contributed by atoms with E-state index in [9.17, 15) is 9.59 Å². The van der Waals surface area contributed by atoms with Crippen LogP contribution >= 0.6 is 0 Å². The average Bonchev–Trinajstić information content (AvgIpc) is 3.00. The molecular weight excluding hydrogens is 540 g/mol. The van der Waals surface area contributed by atoms with Gasteiger partial charge >= 0.3 is 11.9 Å². The molecule has 0 aliphatic rings. The van der Waals surface area contributed by atoms with Crippen LogP contribution in [0.3, 0.4) is 0 Å². The zero-order chi connectivity index (χ0) is 31.0. The summed E-state index contributed by atoms with van der Waals surface area (Å²) in [5, 5.41) is 0. The van der Waals surface area contributed by atoms with Crippen LogP contribution in [0.1, 0.15) is 100 Å². The minimum Gasteiger partial charge on any atom is -0.493 e. The summed E-state index contributed by atoms with van der Waals surface area (Å²) in [5.41, 5.74) is 4.24. The summed E-state index contributed by atoms with van der Waals surface area (Å²) in [5.74, 6) is 0.966. The second-order valence-electron chi connectivity index (χ2n) is 11.1. The predicted octanol–water partition coefficient (Wildman–Crippen LogP) is 9.43. The minimum absolute atomic E-state index is 0.403. The first-order chi connectivity index (χ1) is 20.8. The number of aryl methyl sites for hydroxylation is 2. The van der Waals surface area contributed by atoms with Crippen molar-refractivity contribution in [2.24, 2.45) is 0 Å². The fourth-order valence-electron chi connectivity index (χ4n) is 4.83. The second-order valence-corrected chi connectivity index (χ2v) is 11.1. The molecule has 0 heterocycles. The Morgan fingerprint density at radius 2 is 1.14 bits per heavy atom. The molecule has 0 unspecified atom stereocenters. The normalized spacial score (nSPS) is 11.7. The Hall–Kier alpha value is -3.64. The van der Waals surface area contributed by atoms with Gasteiger partial charge in [0.25, 0.3) is 0 Å². The van der Waals surface area contributed by atoms with E-state index in [0.717, 1.165) is 53.7 Å². The van der Waals surface area contributed by atoms with Crippen LogP contribution in [0.15, 0.2) is 60.7 Å². The third-order valence-corrected chi connectivity index (χ3v) is 7.36. The van der Waals surface area contributed by atoms with E-state index in [4.69, 9.17) is 18.9 Å². The molecule has 1 atom stereocenters. The summed E-state index contributed by atoms with van der Waals surface area (Å²) in [6.07, 6.45) is 9.70. The Morgan fingerprint density at radius 1 is 0.651 bits per heavy atom. The van der Waals surface area contributed by atoms with Crippen molar-refractivity contribution < 1.29 is 28.5 Å². The van der Waals surface area contributed by atoms with E-state index in [-0.39, 0.29) is 0 Å². The molecule has 0 spiro atoms. The predicted molar refractivity (Wildman–Crippen MR) is 172 cm³/mol. The van der Waals surface area contributed by atoms with Gasteiger partial charge in [-0.2, -0.15) is 0 Å².